The summed E-state index contributed by atoms with van der Waals surface area (Å²) in [5.41, 5.74) is 24.3. The molecule has 5 aromatic rings. The number of ketones is 3. The molecule has 706 valence electrons. The highest BCUT2D eigenvalue weighted by Gasteiger charge is 2.53. The van der Waals surface area contributed by atoms with Gasteiger partial charge in [0, 0.05) is 95.9 Å². The molecule has 0 radical (unpaired) electrons. The zero-order chi connectivity index (χ0) is 91.2. The summed E-state index contributed by atoms with van der Waals surface area (Å²) < 4.78 is 84.9. The molecule has 4 aliphatic rings. The first-order valence-electron chi connectivity index (χ1n) is 45.2. The number of carbonyl (C=O) groups excluding carboxylic acids is 6. The maximum Gasteiger partial charge on any atom is 0.329 e. The number of Topliss-reactive ketones (excluding diaryl/α,β-unsaturated/α-hetero) is 3. The predicted molar refractivity (Wildman–Crippen MR) is 471 cm³/mol. The van der Waals surface area contributed by atoms with E-state index in [1.165, 1.54) is 19.3 Å². The van der Waals surface area contributed by atoms with E-state index < -0.39 is 95.4 Å². The van der Waals surface area contributed by atoms with Gasteiger partial charge >= 0.3 is 5.97 Å². The van der Waals surface area contributed by atoms with Gasteiger partial charge in [0.25, 0.3) is 17.7 Å². The summed E-state index contributed by atoms with van der Waals surface area (Å²) >= 11 is 0. The number of anilines is 2. The highest BCUT2D eigenvalue weighted by Crippen LogP contribution is 2.39. The fraction of sp³-hybridized carbons (Fsp3) is 0.692. The number of methoxy groups -OCH3 is 2. The number of nitrogen functional groups attached to an aromatic ring is 2. The average Bonchev–Trinajstić information content (AvgIpc) is 1.76. The van der Waals surface area contributed by atoms with Crippen molar-refractivity contribution in [3.63, 3.8) is 0 Å². The summed E-state index contributed by atoms with van der Waals surface area (Å²) in [5, 5.41) is 48.8. The van der Waals surface area contributed by atoms with Crippen molar-refractivity contribution in [1.29, 1.82) is 0 Å². The van der Waals surface area contributed by atoms with Gasteiger partial charge in [-0.1, -0.05) is 69.4 Å². The van der Waals surface area contributed by atoms with Gasteiger partial charge in [0.05, 0.1) is 154 Å². The molecule has 2 bridgehead atoms. The fourth-order valence-electron chi connectivity index (χ4n) is 16.4. The summed E-state index contributed by atoms with van der Waals surface area (Å²) in [6.45, 7) is 19.1. The summed E-state index contributed by atoms with van der Waals surface area (Å²) in [7, 11) is 4.99. The first-order chi connectivity index (χ1) is 61.3. The lowest BCUT2D eigenvalue weighted by molar-refractivity contribution is -0.265. The van der Waals surface area contributed by atoms with Gasteiger partial charge in [-0.05, 0) is 151 Å². The number of unbranched alkanes of at least 4 members (excludes halogenated alkanes) is 2. The van der Waals surface area contributed by atoms with Crippen molar-refractivity contribution >= 4 is 69.1 Å². The monoisotopic (exact) mass is 1780 g/mol. The number of hydrogen-bond donors (Lipinski definition) is 6. The Morgan fingerprint density at radius 3 is 2.07 bits per heavy atom. The number of carbonyl (C=O) groups is 6. The maximum absolute atomic E-state index is 14.7. The Balaban J connectivity index is 0.583. The molecule has 3 aliphatic heterocycles. The number of ether oxygens (including phenoxy) is 13. The van der Waals surface area contributed by atoms with Gasteiger partial charge in [-0.3, -0.25) is 24.0 Å². The molecule has 127 heavy (non-hydrogen) atoms. The summed E-state index contributed by atoms with van der Waals surface area (Å²) in [6.07, 6.45) is 16.7. The smallest absolute Gasteiger partial charge is 0.329 e. The molecule has 9 N–H and O–H groups in total. The van der Waals surface area contributed by atoms with Gasteiger partial charge in [0.1, 0.15) is 53.5 Å². The number of esters is 1. The maximum atomic E-state index is 14.7. The number of allylic oxidation sites excluding steroid dienone is 6. The van der Waals surface area contributed by atoms with Gasteiger partial charge in [-0.25, -0.2) is 24.1 Å². The van der Waals surface area contributed by atoms with Crippen LogP contribution in [0.4, 0.5) is 11.8 Å². The molecule has 15 atom stereocenters. The lowest BCUT2D eigenvalue weighted by Crippen LogP contribution is -2.61. The van der Waals surface area contributed by atoms with Crippen LogP contribution in [0.2, 0.25) is 0 Å². The van der Waals surface area contributed by atoms with Gasteiger partial charge in [-0.15, -0.1) is 5.10 Å². The number of hydrogen-bond acceptors (Lipinski definition) is 32. The predicted octanol–water partition coefficient (Wildman–Crippen LogP) is 7.43. The molecule has 2 amide bonds. The number of fused-ring (bicyclic) bond motifs is 5. The van der Waals surface area contributed by atoms with E-state index in [0.29, 0.717) is 230 Å². The molecular weight excluding hydrogens is 1640 g/mol. The van der Waals surface area contributed by atoms with Crippen LogP contribution in [0.3, 0.4) is 0 Å². The van der Waals surface area contributed by atoms with Gasteiger partial charge in [0.15, 0.2) is 17.0 Å². The third-order valence-electron chi connectivity index (χ3n) is 24.0. The van der Waals surface area contributed by atoms with Crippen molar-refractivity contribution in [3.8, 4) is 11.3 Å². The minimum atomic E-state index is -2.49. The van der Waals surface area contributed by atoms with E-state index in [1.54, 1.807) is 57.7 Å². The number of rotatable bonds is 44. The Morgan fingerprint density at radius 1 is 0.717 bits per heavy atom. The summed E-state index contributed by atoms with van der Waals surface area (Å²) in [5.74, 6) is -8.57. The van der Waals surface area contributed by atoms with E-state index in [4.69, 9.17) is 88.3 Å². The Hall–Kier alpha value is -8.28. The number of nitrogens with zero attached hydrogens (tertiary/aromatic N) is 10. The number of benzene rings is 1. The van der Waals surface area contributed by atoms with Crippen LogP contribution in [0.1, 0.15) is 156 Å². The number of aliphatic hydroxyl groups is 3. The molecule has 1 aromatic carbocycles. The van der Waals surface area contributed by atoms with Crippen LogP contribution in [0.15, 0.2) is 82.7 Å². The third-order valence-corrected chi connectivity index (χ3v) is 24.0. The summed E-state index contributed by atoms with van der Waals surface area (Å²) in [6, 6.07) is 3.46. The molecule has 4 aromatic heterocycles. The highest BCUT2D eigenvalue weighted by molar-refractivity contribution is 6.39. The van der Waals surface area contributed by atoms with Crippen LogP contribution in [0.5, 0.6) is 0 Å². The molecule has 3 fully saturated rings. The molecule has 0 spiro atoms. The Kier molecular flexibility index (Phi) is 43.4. The number of cyclic esters (lactones) is 1. The van der Waals surface area contributed by atoms with Crippen molar-refractivity contribution in [3.05, 3.63) is 84.0 Å². The molecule has 0 unspecified atom stereocenters. The van der Waals surface area contributed by atoms with Crippen molar-refractivity contribution < 1.29 is 110 Å². The Bertz CT molecular complexity index is 4340. The zero-order valence-electron chi connectivity index (χ0n) is 75.7. The third kappa shape index (κ3) is 32.1. The Labute approximate surface area is 744 Å². The molecular formula is C91H139N13O23. The molecule has 2 saturated heterocycles. The molecule has 36 heteroatoms. The number of aryl methyl sites for hydroxylation is 2. The zero-order valence-corrected chi connectivity index (χ0v) is 75.7. The molecule has 1 saturated carbocycles. The SMILES string of the molecule is CO[C@H]1C[C@@H]2CC[C@@H](C)[C@@](O)(O2)C(=O)C(=O)N2CCCC[C@H]2C(=O)O[C@H]([C@H](N)C[C@@H]2CC[C@@H](OCCCCc3cn(CCOCCOCCOCCOCCOCCOCCOCCOCCC(=O)N(C)CCCCn4nc(-c5ccc6oc(N)nc6c5)c5c(N)ncnc54)nn3)[C@H](OC)C2)CC(=O)[C@H](C)/C=C(\C)[C@@H](O)[C@@H](O)C(=O)[C@H](C)C[C@H](C)/C=C/C=C/C=C/1C. The first-order valence-corrected chi connectivity index (χ1v) is 45.2. The number of aromatic nitrogens is 8. The topological polar surface area (TPSA) is 468 Å². The van der Waals surface area contributed by atoms with E-state index >= 15 is 0 Å². The summed E-state index contributed by atoms with van der Waals surface area (Å²) in [4.78, 5) is 100. The number of nitrogens with two attached hydrogens (primary N) is 3. The van der Waals surface area contributed by atoms with Gasteiger partial charge in [0.2, 0.25) is 11.7 Å². The standard InChI is InChI=1S/C91H139N13O23/c1-60-19-11-10-12-20-61(2)76(114-8)56-69-26-23-65(6)91(113,127-69)85(110)88(111)103-31-15-13-22-72(103)89(112)125-77(57-73(105)62(3)52-64(5)83(108)84(109)82(107)63(4)51-60)70(92)53-66-24-27-75(78(54-66)115-9)124-34-18-14-21-68-58-102(100-98-68)33-36-117-38-40-119-42-44-121-46-48-123-50-49-122-47-45-120-43-41-118-39-37-116-35-29-79(106)101(7)30-16-17-32-104-87-80(86(93)95-59-96-87)81(99-104)67-25-28-74-71(55-67)97-90(94)126-74/h10-12,19-20,25,28,52,55,58-60,62-63,65-66,69-70,72,75-78,83-84,108-109,113H,13-18,21-24,26-27,29-51,53-54,56-57,92H2,1-9H3,(H2,94,97)(H2,93,95,96)/b12-10+,19-11+,61-20+,64-52+/t60-,62-,63-,65-,66+,69+,70-,72+,75-,76+,77+,78-,83-,84+,91-/m1/s1. The normalized spacial score (nSPS) is 26.5. The number of aliphatic hydroxyl groups excluding tert-OH is 2. The van der Waals surface area contributed by atoms with Crippen molar-refractivity contribution in [2.45, 2.75) is 231 Å². The lowest BCUT2D eigenvalue weighted by atomic mass is 9.80. The second-order valence-electron chi connectivity index (χ2n) is 33.8. The second-order valence-corrected chi connectivity index (χ2v) is 33.8. The highest BCUT2D eigenvalue weighted by atomic mass is 16.6. The fourth-order valence-corrected chi connectivity index (χ4v) is 16.4. The number of piperidine rings is 1. The minimum Gasteiger partial charge on any atom is -0.459 e. The van der Waals surface area contributed by atoms with Crippen molar-refractivity contribution in [1.82, 2.24) is 49.5 Å². The minimum absolute atomic E-state index is 0.00206. The van der Waals surface area contributed by atoms with Crippen LogP contribution in [-0.2, 0) is 110 Å². The average molecular weight is 1780 g/mol. The first kappa shape index (κ1) is 102. The molecule has 36 nitrogen and oxygen atoms in total. The number of oxazole rings is 1. The Morgan fingerprint density at radius 2 is 1.39 bits per heavy atom. The molecule has 1 aliphatic carbocycles. The van der Waals surface area contributed by atoms with Crippen LogP contribution >= 0.6 is 0 Å². The largest absolute Gasteiger partial charge is 0.459 e. The van der Waals surface area contributed by atoms with E-state index in [1.807, 2.05) is 67.2 Å². The van der Waals surface area contributed by atoms with Crippen LogP contribution in [0.25, 0.3) is 33.4 Å². The van der Waals surface area contributed by atoms with Crippen molar-refractivity contribution in [2.75, 3.05) is 158 Å². The molecule has 9 rings (SSSR count). The van der Waals surface area contributed by atoms with E-state index in [9.17, 15) is 44.1 Å². The lowest BCUT2D eigenvalue weighted by Gasteiger charge is -2.42. The van der Waals surface area contributed by atoms with Crippen LogP contribution in [-0.4, -0.2) is 307 Å². The van der Waals surface area contributed by atoms with Crippen LogP contribution in [0, 0.1) is 29.6 Å². The van der Waals surface area contributed by atoms with E-state index in [0.717, 1.165) is 47.4 Å². The van der Waals surface area contributed by atoms with Crippen LogP contribution < -0.4 is 17.2 Å². The molecule has 7 heterocycles. The van der Waals surface area contributed by atoms with E-state index in [-0.39, 0.29) is 73.8 Å². The number of amides is 2. The van der Waals surface area contributed by atoms with Gasteiger partial charge in [-0.2, -0.15) is 10.1 Å². The van der Waals surface area contributed by atoms with Crippen molar-refractivity contribution in [2.24, 2.45) is 35.3 Å². The quantitative estimate of drug-likeness (QED) is 0.00955. The second kappa shape index (κ2) is 53.8. The van der Waals surface area contributed by atoms with Gasteiger partial charge < -0.3 is 108 Å². The van der Waals surface area contributed by atoms with E-state index in [2.05, 4.69) is 25.3 Å².